The molecule has 0 spiro atoms. The standard InChI is InChI=1S/C15H16ClN3O2S/c1-9-3-4-10(7-11(9)16)18-13(20)8-12-14(21)19-6-2-5-17-15(19)22-12/h3-4,7,12H,2,5-6,8H2,1H3,(H,18,20)/t12-/m0/s1. The van der Waals surface area contributed by atoms with Gasteiger partial charge in [0.05, 0.1) is 0 Å². The first kappa shape index (κ1) is 15.4. The SMILES string of the molecule is Cc1ccc(NC(=O)C[C@@H]2SC3=NCCCN3C2=O)cc1Cl. The van der Waals surface area contributed by atoms with Gasteiger partial charge in [-0.25, -0.2) is 0 Å². The summed E-state index contributed by atoms with van der Waals surface area (Å²) in [6.07, 6.45) is 1.03. The van der Waals surface area contributed by atoms with E-state index in [1.807, 2.05) is 13.0 Å². The summed E-state index contributed by atoms with van der Waals surface area (Å²) in [7, 11) is 0. The topological polar surface area (TPSA) is 61.8 Å². The molecule has 5 nitrogen and oxygen atoms in total. The number of nitrogens with zero attached hydrogens (tertiary/aromatic N) is 2. The Morgan fingerprint density at radius 1 is 1.55 bits per heavy atom. The summed E-state index contributed by atoms with van der Waals surface area (Å²) in [4.78, 5) is 30.4. The van der Waals surface area contributed by atoms with Gasteiger partial charge >= 0.3 is 0 Å². The van der Waals surface area contributed by atoms with Gasteiger partial charge in [0, 0.05) is 30.2 Å². The molecule has 7 heteroatoms. The van der Waals surface area contributed by atoms with Crippen LogP contribution >= 0.6 is 23.4 Å². The van der Waals surface area contributed by atoms with Crippen LogP contribution in [0.5, 0.6) is 0 Å². The van der Waals surface area contributed by atoms with Crippen molar-refractivity contribution >= 4 is 46.0 Å². The van der Waals surface area contributed by atoms with Gasteiger partial charge in [0.2, 0.25) is 11.8 Å². The number of halogens is 1. The highest BCUT2D eigenvalue weighted by Crippen LogP contribution is 2.31. The second-order valence-electron chi connectivity index (χ2n) is 5.33. The molecule has 1 aromatic carbocycles. The van der Waals surface area contributed by atoms with E-state index in [4.69, 9.17) is 11.6 Å². The maximum absolute atomic E-state index is 12.2. The molecular weight excluding hydrogens is 322 g/mol. The highest BCUT2D eigenvalue weighted by atomic mass is 35.5. The quantitative estimate of drug-likeness (QED) is 0.922. The van der Waals surface area contributed by atoms with E-state index in [1.54, 1.807) is 17.0 Å². The Morgan fingerprint density at radius 2 is 2.36 bits per heavy atom. The van der Waals surface area contributed by atoms with E-state index in [0.717, 1.165) is 23.7 Å². The van der Waals surface area contributed by atoms with E-state index in [-0.39, 0.29) is 23.5 Å². The average Bonchev–Trinajstić information content (AvgIpc) is 2.80. The number of hydrogen-bond acceptors (Lipinski definition) is 4. The van der Waals surface area contributed by atoms with Crippen LogP contribution in [0.25, 0.3) is 0 Å². The highest BCUT2D eigenvalue weighted by molar-refractivity contribution is 8.15. The molecule has 1 saturated heterocycles. The lowest BCUT2D eigenvalue weighted by molar-refractivity contribution is -0.128. The zero-order chi connectivity index (χ0) is 15.7. The summed E-state index contributed by atoms with van der Waals surface area (Å²) in [6.45, 7) is 3.36. The third-order valence-electron chi connectivity index (χ3n) is 3.63. The molecule has 0 radical (unpaired) electrons. The molecule has 0 bridgehead atoms. The third-order valence-corrected chi connectivity index (χ3v) is 5.25. The Kier molecular flexibility index (Phi) is 4.40. The number of anilines is 1. The van der Waals surface area contributed by atoms with Crippen LogP contribution in [0.4, 0.5) is 5.69 Å². The van der Waals surface area contributed by atoms with Gasteiger partial charge in [-0.15, -0.1) is 0 Å². The molecule has 2 heterocycles. The van der Waals surface area contributed by atoms with Gasteiger partial charge in [-0.3, -0.25) is 19.5 Å². The summed E-state index contributed by atoms with van der Waals surface area (Å²) < 4.78 is 0. The fourth-order valence-electron chi connectivity index (χ4n) is 2.42. The molecule has 0 saturated carbocycles. The van der Waals surface area contributed by atoms with Gasteiger partial charge in [-0.1, -0.05) is 29.4 Å². The van der Waals surface area contributed by atoms with E-state index < -0.39 is 0 Å². The van der Waals surface area contributed by atoms with Crippen LogP contribution in [0.1, 0.15) is 18.4 Å². The number of thioether (sulfide) groups is 1. The van der Waals surface area contributed by atoms with Gasteiger partial charge in [-0.2, -0.15) is 0 Å². The van der Waals surface area contributed by atoms with E-state index in [1.165, 1.54) is 11.8 Å². The van der Waals surface area contributed by atoms with E-state index in [0.29, 0.717) is 17.3 Å². The molecule has 1 atom stereocenters. The first-order chi connectivity index (χ1) is 10.5. The van der Waals surface area contributed by atoms with Crippen molar-refractivity contribution in [3.8, 4) is 0 Å². The molecule has 22 heavy (non-hydrogen) atoms. The van der Waals surface area contributed by atoms with Crippen LogP contribution in [0.2, 0.25) is 5.02 Å². The van der Waals surface area contributed by atoms with Crippen molar-refractivity contribution in [2.45, 2.75) is 25.0 Å². The number of nitrogens with one attached hydrogen (secondary N) is 1. The largest absolute Gasteiger partial charge is 0.326 e. The monoisotopic (exact) mass is 337 g/mol. The number of rotatable bonds is 3. The maximum Gasteiger partial charge on any atom is 0.242 e. The Balaban J connectivity index is 1.62. The summed E-state index contributed by atoms with van der Waals surface area (Å²) in [5.41, 5.74) is 1.60. The smallest absolute Gasteiger partial charge is 0.242 e. The minimum Gasteiger partial charge on any atom is -0.326 e. The Morgan fingerprint density at radius 3 is 3.09 bits per heavy atom. The lowest BCUT2D eigenvalue weighted by Crippen LogP contribution is -2.36. The van der Waals surface area contributed by atoms with Crippen LogP contribution in [0.3, 0.4) is 0 Å². The number of benzene rings is 1. The van der Waals surface area contributed by atoms with Gasteiger partial charge in [0.25, 0.3) is 0 Å². The Bertz CT molecular complexity index is 662. The summed E-state index contributed by atoms with van der Waals surface area (Å²) in [5.74, 6) is -0.202. The number of fused-ring (bicyclic) bond motifs is 1. The fourth-order valence-corrected chi connectivity index (χ4v) is 3.79. The predicted octanol–water partition coefficient (Wildman–Crippen LogP) is 2.68. The molecule has 1 N–H and O–H groups in total. The molecule has 2 aliphatic rings. The Labute approximate surface area is 138 Å². The van der Waals surface area contributed by atoms with Crippen molar-refractivity contribution in [3.63, 3.8) is 0 Å². The number of aliphatic imine (C=N–C) groups is 1. The van der Waals surface area contributed by atoms with Crippen LogP contribution in [-0.2, 0) is 9.59 Å². The lowest BCUT2D eigenvalue weighted by Gasteiger charge is -2.19. The van der Waals surface area contributed by atoms with Gasteiger partial charge in [-0.05, 0) is 31.0 Å². The number of hydrogen-bond donors (Lipinski definition) is 1. The van der Waals surface area contributed by atoms with Crippen molar-refractivity contribution in [1.29, 1.82) is 0 Å². The molecule has 1 aromatic rings. The van der Waals surface area contributed by atoms with Crippen molar-refractivity contribution in [3.05, 3.63) is 28.8 Å². The first-order valence-corrected chi connectivity index (χ1v) is 8.39. The number of carbonyl (C=O) groups excluding carboxylic acids is 2. The van der Waals surface area contributed by atoms with Crippen LogP contribution in [-0.4, -0.2) is 40.2 Å². The van der Waals surface area contributed by atoms with E-state index >= 15 is 0 Å². The van der Waals surface area contributed by atoms with Crippen molar-refractivity contribution in [2.75, 3.05) is 18.4 Å². The average molecular weight is 338 g/mol. The second kappa shape index (κ2) is 6.30. The number of aryl methyl sites for hydroxylation is 1. The summed E-state index contributed by atoms with van der Waals surface area (Å²) in [6, 6.07) is 5.37. The van der Waals surface area contributed by atoms with Gasteiger partial charge < -0.3 is 5.32 Å². The predicted molar refractivity (Wildman–Crippen MR) is 89.4 cm³/mol. The van der Waals surface area contributed by atoms with E-state index in [9.17, 15) is 9.59 Å². The van der Waals surface area contributed by atoms with Crippen LogP contribution < -0.4 is 5.32 Å². The zero-order valence-corrected chi connectivity index (χ0v) is 13.7. The van der Waals surface area contributed by atoms with E-state index in [2.05, 4.69) is 10.3 Å². The molecule has 0 aliphatic carbocycles. The van der Waals surface area contributed by atoms with Crippen molar-refractivity contribution in [1.82, 2.24) is 4.90 Å². The van der Waals surface area contributed by atoms with Gasteiger partial charge in [0.15, 0.2) is 5.17 Å². The Hall–Kier alpha value is -1.53. The molecule has 1 fully saturated rings. The number of amidine groups is 1. The van der Waals surface area contributed by atoms with Crippen molar-refractivity contribution in [2.24, 2.45) is 4.99 Å². The fraction of sp³-hybridized carbons (Fsp3) is 0.400. The first-order valence-electron chi connectivity index (χ1n) is 7.13. The van der Waals surface area contributed by atoms with Crippen LogP contribution in [0, 0.1) is 6.92 Å². The number of amides is 2. The lowest BCUT2D eigenvalue weighted by atomic mass is 10.2. The minimum atomic E-state index is -0.377. The van der Waals surface area contributed by atoms with Crippen LogP contribution in [0.15, 0.2) is 23.2 Å². The molecular formula is C15H16ClN3O2S. The molecule has 3 rings (SSSR count). The molecule has 2 amide bonds. The number of carbonyl (C=O) groups is 2. The third kappa shape index (κ3) is 3.13. The maximum atomic E-state index is 12.2. The molecule has 0 aromatic heterocycles. The second-order valence-corrected chi connectivity index (χ2v) is 6.91. The van der Waals surface area contributed by atoms with Crippen molar-refractivity contribution < 1.29 is 9.59 Å². The normalized spacial score (nSPS) is 20.6. The summed E-state index contributed by atoms with van der Waals surface area (Å²) >= 11 is 7.43. The molecule has 0 unspecified atom stereocenters. The molecule has 2 aliphatic heterocycles. The minimum absolute atomic E-state index is 0.0134. The zero-order valence-electron chi connectivity index (χ0n) is 12.1. The highest BCUT2D eigenvalue weighted by Gasteiger charge is 2.39. The van der Waals surface area contributed by atoms with Gasteiger partial charge in [0.1, 0.15) is 5.25 Å². The summed E-state index contributed by atoms with van der Waals surface area (Å²) in [5, 5.41) is 3.78. The molecule has 116 valence electrons.